The molecule has 2 rings (SSSR count). The highest BCUT2D eigenvalue weighted by molar-refractivity contribution is 6.30. The summed E-state index contributed by atoms with van der Waals surface area (Å²) in [5.41, 5.74) is -0.126. The Morgan fingerprint density at radius 3 is 3.00 bits per heavy atom. The van der Waals surface area contributed by atoms with E-state index in [-0.39, 0.29) is 22.6 Å². The Hall–Kier alpha value is -1.44. The Morgan fingerprint density at radius 2 is 2.30 bits per heavy atom. The molecular formula is C12H17ClN4O3. The summed E-state index contributed by atoms with van der Waals surface area (Å²) in [6, 6.07) is 1.28. The number of piperidine rings is 1. The fourth-order valence-corrected chi connectivity index (χ4v) is 2.21. The lowest BCUT2D eigenvalue weighted by Crippen LogP contribution is -2.33. The molecule has 0 saturated carbocycles. The SMILES string of the molecule is O=[N+]([O-])c1cc(Cl)cnc1NCCOC1CCNCC1. The van der Waals surface area contributed by atoms with E-state index in [0.717, 1.165) is 25.9 Å². The molecular weight excluding hydrogens is 284 g/mol. The van der Waals surface area contributed by atoms with Gasteiger partial charge in [-0.25, -0.2) is 4.98 Å². The number of nitrogens with zero attached hydrogens (tertiary/aromatic N) is 2. The highest BCUT2D eigenvalue weighted by atomic mass is 35.5. The minimum atomic E-state index is -0.505. The number of pyridine rings is 1. The lowest BCUT2D eigenvalue weighted by molar-refractivity contribution is -0.384. The zero-order chi connectivity index (χ0) is 14.4. The van der Waals surface area contributed by atoms with Gasteiger partial charge in [-0.15, -0.1) is 0 Å². The molecule has 2 heterocycles. The van der Waals surface area contributed by atoms with Crippen LogP contribution < -0.4 is 10.6 Å². The molecule has 0 unspecified atom stereocenters. The number of rotatable bonds is 6. The van der Waals surface area contributed by atoms with Crippen LogP contribution in [0.5, 0.6) is 0 Å². The first kappa shape index (κ1) is 15.0. The van der Waals surface area contributed by atoms with Crippen LogP contribution in [0.15, 0.2) is 12.3 Å². The van der Waals surface area contributed by atoms with Crippen LogP contribution in [0.1, 0.15) is 12.8 Å². The molecule has 1 aliphatic heterocycles. The molecule has 110 valence electrons. The van der Waals surface area contributed by atoms with Crippen LogP contribution in [-0.2, 0) is 4.74 Å². The van der Waals surface area contributed by atoms with E-state index >= 15 is 0 Å². The van der Waals surface area contributed by atoms with Crippen molar-refractivity contribution >= 4 is 23.1 Å². The molecule has 1 aliphatic rings. The van der Waals surface area contributed by atoms with Gasteiger partial charge in [-0.1, -0.05) is 11.6 Å². The third-order valence-electron chi connectivity index (χ3n) is 3.07. The maximum absolute atomic E-state index is 10.9. The molecule has 0 bridgehead atoms. The topological polar surface area (TPSA) is 89.3 Å². The molecule has 8 heteroatoms. The number of halogens is 1. The van der Waals surface area contributed by atoms with Crippen molar-refractivity contribution in [2.75, 3.05) is 31.6 Å². The van der Waals surface area contributed by atoms with Gasteiger partial charge in [0.15, 0.2) is 0 Å². The Morgan fingerprint density at radius 1 is 1.55 bits per heavy atom. The van der Waals surface area contributed by atoms with Crippen molar-refractivity contribution in [3.63, 3.8) is 0 Å². The van der Waals surface area contributed by atoms with Crippen molar-refractivity contribution < 1.29 is 9.66 Å². The van der Waals surface area contributed by atoms with E-state index in [2.05, 4.69) is 15.6 Å². The van der Waals surface area contributed by atoms with Gasteiger partial charge in [0.2, 0.25) is 5.82 Å². The summed E-state index contributed by atoms with van der Waals surface area (Å²) in [7, 11) is 0. The average molecular weight is 301 g/mol. The van der Waals surface area contributed by atoms with Gasteiger partial charge in [0, 0.05) is 18.8 Å². The van der Waals surface area contributed by atoms with Gasteiger partial charge in [-0.3, -0.25) is 10.1 Å². The first-order valence-corrected chi connectivity index (χ1v) is 6.91. The zero-order valence-electron chi connectivity index (χ0n) is 11.0. The third kappa shape index (κ3) is 4.29. The van der Waals surface area contributed by atoms with Crippen molar-refractivity contribution in [1.29, 1.82) is 0 Å². The first-order valence-electron chi connectivity index (χ1n) is 6.53. The van der Waals surface area contributed by atoms with Gasteiger partial charge in [0.25, 0.3) is 0 Å². The standard InChI is InChI=1S/C12H17ClN4O3/c13-9-7-11(17(18)19)12(16-8-9)15-5-6-20-10-1-3-14-4-2-10/h7-8,10,14H,1-6H2,(H,15,16). The van der Waals surface area contributed by atoms with Crippen molar-refractivity contribution in [3.05, 3.63) is 27.4 Å². The molecule has 0 radical (unpaired) electrons. The highest BCUT2D eigenvalue weighted by Gasteiger charge is 2.16. The van der Waals surface area contributed by atoms with E-state index in [1.54, 1.807) is 0 Å². The Bertz CT molecular complexity index is 466. The van der Waals surface area contributed by atoms with Gasteiger partial charge in [0.05, 0.1) is 22.7 Å². The fraction of sp³-hybridized carbons (Fsp3) is 0.583. The summed E-state index contributed by atoms with van der Waals surface area (Å²) in [5.74, 6) is 0.216. The second-order valence-corrected chi connectivity index (χ2v) is 4.96. The van der Waals surface area contributed by atoms with E-state index in [9.17, 15) is 10.1 Å². The lowest BCUT2D eigenvalue weighted by Gasteiger charge is -2.22. The van der Waals surface area contributed by atoms with E-state index < -0.39 is 4.92 Å². The van der Waals surface area contributed by atoms with Crippen molar-refractivity contribution in [3.8, 4) is 0 Å². The molecule has 1 saturated heterocycles. The van der Waals surface area contributed by atoms with Gasteiger partial charge >= 0.3 is 5.69 Å². The second-order valence-electron chi connectivity index (χ2n) is 4.53. The normalized spacial score (nSPS) is 16.1. The fourth-order valence-electron chi connectivity index (χ4n) is 2.06. The quantitative estimate of drug-likeness (QED) is 0.473. The van der Waals surface area contributed by atoms with Crippen LogP contribution in [-0.4, -0.2) is 42.3 Å². The van der Waals surface area contributed by atoms with Crippen LogP contribution in [0.3, 0.4) is 0 Å². The predicted molar refractivity (Wildman–Crippen MR) is 76.2 cm³/mol. The minimum absolute atomic E-state index is 0.126. The maximum Gasteiger partial charge on any atom is 0.312 e. The van der Waals surface area contributed by atoms with E-state index in [4.69, 9.17) is 16.3 Å². The summed E-state index contributed by atoms with van der Waals surface area (Å²) in [6.07, 6.45) is 3.65. The molecule has 1 aromatic heterocycles. The van der Waals surface area contributed by atoms with Crippen LogP contribution in [0.2, 0.25) is 5.02 Å². The van der Waals surface area contributed by atoms with Crippen LogP contribution in [0.25, 0.3) is 0 Å². The Balaban J connectivity index is 1.80. The molecule has 2 N–H and O–H groups in total. The van der Waals surface area contributed by atoms with Gasteiger partial charge in [-0.2, -0.15) is 0 Å². The molecule has 0 aromatic carbocycles. The van der Waals surface area contributed by atoms with Crippen molar-refractivity contribution in [2.45, 2.75) is 18.9 Å². The number of anilines is 1. The molecule has 7 nitrogen and oxygen atoms in total. The third-order valence-corrected chi connectivity index (χ3v) is 3.27. The van der Waals surface area contributed by atoms with Gasteiger partial charge < -0.3 is 15.4 Å². The molecule has 20 heavy (non-hydrogen) atoms. The smallest absolute Gasteiger partial charge is 0.312 e. The van der Waals surface area contributed by atoms with Crippen LogP contribution in [0, 0.1) is 10.1 Å². The molecule has 0 spiro atoms. The molecule has 1 aromatic rings. The summed E-state index contributed by atoms with van der Waals surface area (Å²) < 4.78 is 5.70. The zero-order valence-corrected chi connectivity index (χ0v) is 11.7. The number of aromatic nitrogens is 1. The Labute approximate surface area is 121 Å². The maximum atomic E-state index is 10.9. The van der Waals surface area contributed by atoms with E-state index in [1.165, 1.54) is 12.3 Å². The van der Waals surface area contributed by atoms with Crippen LogP contribution in [0.4, 0.5) is 11.5 Å². The number of nitro groups is 1. The monoisotopic (exact) mass is 300 g/mol. The van der Waals surface area contributed by atoms with Crippen molar-refractivity contribution in [2.24, 2.45) is 0 Å². The largest absolute Gasteiger partial charge is 0.376 e. The minimum Gasteiger partial charge on any atom is -0.376 e. The average Bonchev–Trinajstić information content (AvgIpc) is 2.45. The molecule has 0 atom stereocenters. The van der Waals surface area contributed by atoms with E-state index in [0.29, 0.717) is 13.2 Å². The van der Waals surface area contributed by atoms with Gasteiger partial charge in [0.1, 0.15) is 0 Å². The van der Waals surface area contributed by atoms with E-state index in [1.807, 2.05) is 0 Å². The number of ether oxygens (including phenoxy) is 1. The summed E-state index contributed by atoms with van der Waals surface area (Å²) in [4.78, 5) is 14.3. The summed E-state index contributed by atoms with van der Waals surface area (Å²) >= 11 is 5.70. The predicted octanol–water partition coefficient (Wildman–Crippen LogP) is 1.82. The van der Waals surface area contributed by atoms with Crippen LogP contribution >= 0.6 is 11.6 Å². The Kier molecular flexibility index (Phi) is 5.51. The molecule has 0 amide bonds. The summed E-state index contributed by atoms with van der Waals surface area (Å²) in [6.45, 7) is 2.91. The lowest BCUT2D eigenvalue weighted by atomic mass is 10.1. The summed E-state index contributed by atoms with van der Waals surface area (Å²) in [5, 5.41) is 17.3. The van der Waals surface area contributed by atoms with Gasteiger partial charge in [-0.05, 0) is 25.9 Å². The van der Waals surface area contributed by atoms with Crippen molar-refractivity contribution in [1.82, 2.24) is 10.3 Å². The number of nitrogens with one attached hydrogen (secondary N) is 2. The molecule has 1 fully saturated rings. The highest BCUT2D eigenvalue weighted by Crippen LogP contribution is 2.24. The number of hydrogen-bond acceptors (Lipinski definition) is 6. The first-order chi connectivity index (χ1) is 9.66. The number of hydrogen-bond donors (Lipinski definition) is 2. The second kappa shape index (κ2) is 7.37. The molecule has 0 aliphatic carbocycles.